The van der Waals surface area contributed by atoms with Crippen LogP contribution in [-0.2, 0) is 4.74 Å². The molecule has 0 bridgehead atoms. The van der Waals surface area contributed by atoms with Crippen LogP contribution < -0.4 is 0 Å². The van der Waals surface area contributed by atoms with E-state index in [1.165, 1.54) is 5.56 Å². The molecule has 3 unspecified atom stereocenters. The van der Waals surface area contributed by atoms with Crippen molar-refractivity contribution in [2.45, 2.75) is 65.2 Å². The quantitative estimate of drug-likeness (QED) is 0.914. The van der Waals surface area contributed by atoms with Gasteiger partial charge in [0.25, 0.3) is 0 Å². The lowest BCUT2D eigenvalue weighted by molar-refractivity contribution is 0.00669. The fourth-order valence-corrected chi connectivity index (χ4v) is 3.16. The number of ether oxygens (including phenoxy) is 1. The molecule has 1 heterocycles. The molecule has 0 aromatic heterocycles. The molecule has 0 radical (unpaired) electrons. The van der Waals surface area contributed by atoms with Crippen molar-refractivity contribution >= 4 is 6.09 Å². The number of likely N-dealkylation sites (tertiary alicyclic amines) is 1. The van der Waals surface area contributed by atoms with Crippen LogP contribution >= 0.6 is 0 Å². The molecule has 1 N–H and O–H groups in total. The topological polar surface area (TPSA) is 49.8 Å². The first-order chi connectivity index (χ1) is 10.7. The SMILES string of the molecule is Cc1ccc(C(O)C(C)C2CCCN2C(=O)OC(C)(C)C)cc1. The number of amides is 1. The largest absolute Gasteiger partial charge is 0.444 e. The van der Waals surface area contributed by atoms with Gasteiger partial charge in [-0.15, -0.1) is 0 Å². The number of hydrogen-bond acceptors (Lipinski definition) is 3. The molecule has 3 atom stereocenters. The van der Waals surface area contributed by atoms with Crippen LogP contribution in [-0.4, -0.2) is 34.3 Å². The first-order valence-electron chi connectivity index (χ1n) is 8.43. The fraction of sp³-hybridized carbons (Fsp3) is 0.632. The van der Waals surface area contributed by atoms with Crippen LogP contribution in [0.15, 0.2) is 24.3 Å². The van der Waals surface area contributed by atoms with Gasteiger partial charge in [0, 0.05) is 18.5 Å². The number of rotatable bonds is 3. The van der Waals surface area contributed by atoms with E-state index in [-0.39, 0.29) is 18.1 Å². The van der Waals surface area contributed by atoms with E-state index in [4.69, 9.17) is 4.74 Å². The summed E-state index contributed by atoms with van der Waals surface area (Å²) >= 11 is 0. The first kappa shape index (κ1) is 17.8. The molecule has 128 valence electrons. The Labute approximate surface area is 139 Å². The Balaban J connectivity index is 2.09. The first-order valence-corrected chi connectivity index (χ1v) is 8.43. The predicted octanol–water partition coefficient (Wildman–Crippen LogP) is 4.06. The molecule has 1 aromatic rings. The Bertz CT molecular complexity index is 533. The van der Waals surface area contributed by atoms with E-state index in [2.05, 4.69) is 0 Å². The Kier molecular flexibility index (Phi) is 5.35. The molecule has 23 heavy (non-hydrogen) atoms. The highest BCUT2D eigenvalue weighted by Gasteiger charge is 2.38. The number of carbonyl (C=O) groups excluding carboxylic acids is 1. The van der Waals surface area contributed by atoms with Crippen molar-refractivity contribution in [1.29, 1.82) is 0 Å². The van der Waals surface area contributed by atoms with Crippen molar-refractivity contribution in [3.8, 4) is 0 Å². The van der Waals surface area contributed by atoms with Gasteiger partial charge in [0.15, 0.2) is 0 Å². The Hall–Kier alpha value is -1.55. The summed E-state index contributed by atoms with van der Waals surface area (Å²) in [6, 6.07) is 7.95. The number of aliphatic hydroxyl groups excluding tert-OH is 1. The van der Waals surface area contributed by atoms with Crippen LogP contribution in [0.1, 0.15) is 57.8 Å². The third-order valence-corrected chi connectivity index (χ3v) is 4.45. The molecule has 1 aliphatic heterocycles. The van der Waals surface area contributed by atoms with Gasteiger partial charge in [-0.3, -0.25) is 0 Å². The van der Waals surface area contributed by atoms with Crippen molar-refractivity contribution in [1.82, 2.24) is 4.90 Å². The summed E-state index contributed by atoms with van der Waals surface area (Å²) in [6.45, 7) is 10.4. The maximum atomic E-state index is 12.4. The maximum Gasteiger partial charge on any atom is 0.410 e. The Morgan fingerprint density at radius 3 is 2.48 bits per heavy atom. The molecule has 0 saturated carbocycles. The smallest absolute Gasteiger partial charge is 0.410 e. The second-order valence-electron chi connectivity index (χ2n) is 7.60. The summed E-state index contributed by atoms with van der Waals surface area (Å²) in [5.41, 5.74) is 1.58. The summed E-state index contributed by atoms with van der Waals surface area (Å²) in [7, 11) is 0. The molecular weight excluding hydrogens is 290 g/mol. The van der Waals surface area contributed by atoms with E-state index in [0.717, 1.165) is 18.4 Å². The number of aliphatic hydroxyl groups is 1. The monoisotopic (exact) mass is 319 g/mol. The van der Waals surface area contributed by atoms with Gasteiger partial charge in [0.05, 0.1) is 6.10 Å². The van der Waals surface area contributed by atoms with Gasteiger partial charge >= 0.3 is 6.09 Å². The van der Waals surface area contributed by atoms with E-state index >= 15 is 0 Å². The van der Waals surface area contributed by atoms with Crippen molar-refractivity contribution < 1.29 is 14.6 Å². The zero-order valence-corrected chi connectivity index (χ0v) is 14.9. The summed E-state index contributed by atoms with van der Waals surface area (Å²) in [6.07, 6.45) is 1.00. The van der Waals surface area contributed by atoms with Crippen LogP contribution in [0.3, 0.4) is 0 Å². The van der Waals surface area contributed by atoms with E-state index in [9.17, 15) is 9.90 Å². The van der Waals surface area contributed by atoms with E-state index in [0.29, 0.717) is 6.54 Å². The number of aryl methyl sites for hydroxylation is 1. The zero-order valence-electron chi connectivity index (χ0n) is 14.9. The average Bonchev–Trinajstić information content (AvgIpc) is 2.94. The minimum atomic E-state index is -0.580. The molecule has 0 aliphatic carbocycles. The average molecular weight is 319 g/mol. The molecule has 4 heteroatoms. The highest BCUT2D eigenvalue weighted by atomic mass is 16.6. The van der Waals surface area contributed by atoms with Crippen LogP contribution in [0.25, 0.3) is 0 Å². The van der Waals surface area contributed by atoms with Gasteiger partial charge in [-0.05, 0) is 46.1 Å². The molecule has 1 saturated heterocycles. The molecule has 2 rings (SSSR count). The lowest BCUT2D eigenvalue weighted by atomic mass is 9.89. The van der Waals surface area contributed by atoms with Crippen LogP contribution in [0.2, 0.25) is 0 Å². The van der Waals surface area contributed by atoms with Gasteiger partial charge in [0.2, 0.25) is 0 Å². The van der Waals surface area contributed by atoms with Crippen LogP contribution in [0, 0.1) is 12.8 Å². The van der Waals surface area contributed by atoms with E-state index in [1.54, 1.807) is 4.90 Å². The summed E-state index contributed by atoms with van der Waals surface area (Å²) in [4.78, 5) is 14.2. The lowest BCUT2D eigenvalue weighted by Gasteiger charge is -2.33. The third kappa shape index (κ3) is 4.47. The van der Waals surface area contributed by atoms with Crippen LogP contribution in [0.4, 0.5) is 4.79 Å². The van der Waals surface area contributed by atoms with Crippen molar-refractivity contribution in [3.63, 3.8) is 0 Å². The Morgan fingerprint density at radius 1 is 1.30 bits per heavy atom. The summed E-state index contributed by atoms with van der Waals surface area (Å²) in [5, 5.41) is 10.7. The minimum Gasteiger partial charge on any atom is -0.444 e. The number of hydrogen-bond donors (Lipinski definition) is 1. The summed E-state index contributed by atoms with van der Waals surface area (Å²) < 4.78 is 5.51. The molecule has 1 aliphatic rings. The maximum absolute atomic E-state index is 12.4. The molecule has 1 fully saturated rings. The predicted molar refractivity (Wildman–Crippen MR) is 91.3 cm³/mol. The van der Waals surface area contributed by atoms with Crippen molar-refractivity contribution in [2.24, 2.45) is 5.92 Å². The number of nitrogens with zero attached hydrogens (tertiary/aromatic N) is 1. The second-order valence-corrected chi connectivity index (χ2v) is 7.60. The molecule has 0 spiro atoms. The van der Waals surface area contributed by atoms with Gasteiger partial charge in [0.1, 0.15) is 5.60 Å². The standard InChI is InChI=1S/C19H29NO3/c1-13-8-10-15(11-9-13)17(21)14(2)16-7-6-12-20(16)18(22)23-19(3,4)5/h8-11,14,16-17,21H,6-7,12H2,1-5H3. The van der Waals surface area contributed by atoms with Gasteiger partial charge in [-0.25, -0.2) is 4.79 Å². The second kappa shape index (κ2) is 6.91. The van der Waals surface area contributed by atoms with Crippen molar-refractivity contribution in [2.75, 3.05) is 6.54 Å². The number of carbonyl (C=O) groups is 1. The van der Waals surface area contributed by atoms with Crippen molar-refractivity contribution in [3.05, 3.63) is 35.4 Å². The summed E-state index contributed by atoms with van der Waals surface area (Å²) in [5.74, 6) is -0.0345. The fourth-order valence-electron chi connectivity index (χ4n) is 3.16. The minimum absolute atomic E-state index is 0.0150. The van der Waals surface area contributed by atoms with Gasteiger partial charge in [-0.1, -0.05) is 36.8 Å². The normalized spacial score (nSPS) is 21.1. The molecule has 4 nitrogen and oxygen atoms in total. The number of benzene rings is 1. The highest BCUT2D eigenvalue weighted by Crippen LogP contribution is 2.33. The van der Waals surface area contributed by atoms with Gasteiger partial charge in [-0.2, -0.15) is 0 Å². The molecule has 1 amide bonds. The van der Waals surface area contributed by atoms with E-state index in [1.807, 2.05) is 58.9 Å². The van der Waals surface area contributed by atoms with E-state index < -0.39 is 11.7 Å². The van der Waals surface area contributed by atoms with Gasteiger partial charge < -0.3 is 14.7 Å². The zero-order chi connectivity index (χ0) is 17.2. The Morgan fingerprint density at radius 2 is 1.91 bits per heavy atom. The van der Waals surface area contributed by atoms with Crippen LogP contribution in [0.5, 0.6) is 0 Å². The molecular formula is C19H29NO3. The highest BCUT2D eigenvalue weighted by molar-refractivity contribution is 5.69. The third-order valence-electron chi connectivity index (χ3n) is 4.45. The molecule has 1 aromatic carbocycles. The lowest BCUT2D eigenvalue weighted by Crippen LogP contribution is -2.43.